The fraction of sp³-hybridized carbons (Fsp3) is 0. The minimum absolute atomic E-state index is 0.0803. The summed E-state index contributed by atoms with van der Waals surface area (Å²) in [5, 5.41) is 0.504. The van der Waals surface area contributed by atoms with Gasteiger partial charge in [-0.1, -0.05) is 66.2 Å². The second-order valence-corrected chi connectivity index (χ2v) is 5.13. The smallest absolute Gasteiger partial charge is 0.196 e. The Balaban J connectivity index is 1.97. The number of carbonyl (C=O) groups excluding carboxylic acids is 1. The molecule has 0 spiro atoms. The molecule has 0 radical (unpaired) electrons. The summed E-state index contributed by atoms with van der Waals surface area (Å²) in [7, 11) is 0. The Morgan fingerprint density at radius 1 is 0.727 bits per heavy atom. The molecule has 0 aliphatic carbocycles. The van der Waals surface area contributed by atoms with Gasteiger partial charge in [0.2, 0.25) is 0 Å². The van der Waals surface area contributed by atoms with Crippen LogP contribution in [0, 0.1) is 0 Å². The number of ether oxygens (including phenoxy) is 1. The van der Waals surface area contributed by atoms with Crippen LogP contribution in [0.5, 0.6) is 11.5 Å². The highest BCUT2D eigenvalue weighted by atomic mass is 35.5. The monoisotopic (exact) mass is 308 g/mol. The quantitative estimate of drug-likeness (QED) is 0.606. The maximum atomic E-state index is 12.6. The zero-order valence-corrected chi connectivity index (χ0v) is 12.5. The summed E-state index contributed by atoms with van der Waals surface area (Å²) in [5.74, 6) is 0.935. The molecule has 3 aromatic rings. The third kappa shape index (κ3) is 3.02. The predicted octanol–water partition coefficient (Wildman–Crippen LogP) is 5.36. The van der Waals surface area contributed by atoms with E-state index in [0.717, 1.165) is 0 Å². The molecule has 0 unspecified atom stereocenters. The van der Waals surface area contributed by atoms with Gasteiger partial charge in [-0.2, -0.15) is 0 Å². The summed E-state index contributed by atoms with van der Waals surface area (Å²) in [6.07, 6.45) is 0. The van der Waals surface area contributed by atoms with Crippen molar-refractivity contribution in [1.82, 2.24) is 0 Å². The highest BCUT2D eigenvalue weighted by Gasteiger charge is 2.15. The van der Waals surface area contributed by atoms with Crippen LogP contribution >= 0.6 is 11.6 Å². The van der Waals surface area contributed by atoms with Crippen LogP contribution in [0.15, 0.2) is 78.9 Å². The van der Waals surface area contributed by atoms with E-state index in [2.05, 4.69) is 0 Å². The molecule has 0 saturated heterocycles. The van der Waals surface area contributed by atoms with Gasteiger partial charge in [0, 0.05) is 5.56 Å². The molecular formula is C19H13ClO2. The molecule has 0 atom stereocenters. The maximum absolute atomic E-state index is 12.6. The first kappa shape index (κ1) is 14.4. The normalized spacial score (nSPS) is 10.2. The summed E-state index contributed by atoms with van der Waals surface area (Å²) in [6, 6.07) is 23.5. The predicted molar refractivity (Wildman–Crippen MR) is 87.8 cm³/mol. The van der Waals surface area contributed by atoms with Gasteiger partial charge in [0.1, 0.15) is 11.5 Å². The van der Waals surface area contributed by atoms with E-state index in [0.29, 0.717) is 27.6 Å². The number of para-hydroxylation sites is 2. The molecule has 0 heterocycles. The Kier molecular flexibility index (Phi) is 4.22. The summed E-state index contributed by atoms with van der Waals surface area (Å²) in [4.78, 5) is 12.6. The van der Waals surface area contributed by atoms with Gasteiger partial charge in [-0.05, 0) is 24.3 Å². The van der Waals surface area contributed by atoms with Crippen molar-refractivity contribution >= 4 is 17.4 Å². The topological polar surface area (TPSA) is 26.3 Å². The van der Waals surface area contributed by atoms with E-state index in [1.54, 1.807) is 36.4 Å². The minimum Gasteiger partial charge on any atom is -0.455 e. The van der Waals surface area contributed by atoms with Gasteiger partial charge >= 0.3 is 0 Å². The number of ketones is 1. The Labute approximate surface area is 133 Å². The number of carbonyl (C=O) groups is 1. The molecule has 3 aromatic carbocycles. The van der Waals surface area contributed by atoms with Crippen molar-refractivity contribution in [3.63, 3.8) is 0 Å². The molecule has 0 amide bonds. The average molecular weight is 309 g/mol. The van der Waals surface area contributed by atoms with E-state index in [9.17, 15) is 4.79 Å². The van der Waals surface area contributed by atoms with Crippen LogP contribution in [-0.4, -0.2) is 5.78 Å². The number of benzene rings is 3. The van der Waals surface area contributed by atoms with Gasteiger partial charge in [-0.3, -0.25) is 4.79 Å². The molecule has 3 rings (SSSR count). The molecular weight excluding hydrogens is 296 g/mol. The van der Waals surface area contributed by atoms with Gasteiger partial charge < -0.3 is 4.74 Å². The molecule has 2 nitrogen and oxygen atoms in total. The van der Waals surface area contributed by atoms with Crippen LogP contribution < -0.4 is 4.74 Å². The Hall–Kier alpha value is -2.58. The van der Waals surface area contributed by atoms with Gasteiger partial charge in [-0.25, -0.2) is 0 Å². The first-order valence-electron chi connectivity index (χ1n) is 6.87. The number of hydrogen-bond donors (Lipinski definition) is 0. The zero-order valence-electron chi connectivity index (χ0n) is 11.7. The first-order chi connectivity index (χ1) is 10.8. The second kappa shape index (κ2) is 6.46. The SMILES string of the molecule is O=C(c1ccccc1)c1ccccc1Oc1ccccc1Cl. The van der Waals surface area contributed by atoms with Gasteiger partial charge in [0.25, 0.3) is 0 Å². The van der Waals surface area contributed by atoms with Crippen LogP contribution in [0.2, 0.25) is 5.02 Å². The van der Waals surface area contributed by atoms with Crippen molar-refractivity contribution in [2.75, 3.05) is 0 Å². The van der Waals surface area contributed by atoms with Gasteiger partial charge in [0.15, 0.2) is 5.78 Å². The summed E-state index contributed by atoms with van der Waals surface area (Å²) in [6.45, 7) is 0. The van der Waals surface area contributed by atoms with Gasteiger partial charge in [0.05, 0.1) is 10.6 Å². The molecule has 0 aliphatic rings. The molecule has 0 aliphatic heterocycles. The molecule has 0 saturated carbocycles. The Morgan fingerprint density at radius 3 is 2.05 bits per heavy atom. The van der Waals surface area contributed by atoms with Crippen molar-refractivity contribution in [3.8, 4) is 11.5 Å². The lowest BCUT2D eigenvalue weighted by molar-refractivity contribution is 0.103. The lowest BCUT2D eigenvalue weighted by atomic mass is 10.0. The minimum atomic E-state index is -0.0803. The molecule has 108 valence electrons. The molecule has 0 N–H and O–H groups in total. The fourth-order valence-corrected chi connectivity index (χ4v) is 2.31. The zero-order chi connectivity index (χ0) is 15.4. The van der Waals surface area contributed by atoms with E-state index < -0.39 is 0 Å². The molecule has 0 fully saturated rings. The first-order valence-corrected chi connectivity index (χ1v) is 7.24. The van der Waals surface area contributed by atoms with Crippen molar-refractivity contribution in [3.05, 3.63) is 95.0 Å². The molecule has 22 heavy (non-hydrogen) atoms. The lowest BCUT2D eigenvalue weighted by Gasteiger charge is -2.11. The van der Waals surface area contributed by atoms with Crippen molar-refractivity contribution in [2.45, 2.75) is 0 Å². The Bertz CT molecular complexity index is 797. The van der Waals surface area contributed by atoms with Crippen LogP contribution in [0.3, 0.4) is 0 Å². The van der Waals surface area contributed by atoms with E-state index in [4.69, 9.17) is 16.3 Å². The third-order valence-corrected chi connectivity index (χ3v) is 3.54. The summed E-state index contributed by atoms with van der Waals surface area (Å²) in [5.41, 5.74) is 1.13. The lowest BCUT2D eigenvalue weighted by Crippen LogP contribution is -2.03. The molecule has 0 bridgehead atoms. The third-order valence-electron chi connectivity index (χ3n) is 3.22. The number of hydrogen-bond acceptors (Lipinski definition) is 2. The van der Waals surface area contributed by atoms with Crippen molar-refractivity contribution in [1.29, 1.82) is 0 Å². The fourth-order valence-electron chi connectivity index (χ4n) is 2.13. The van der Waals surface area contributed by atoms with E-state index in [1.807, 2.05) is 42.5 Å². The van der Waals surface area contributed by atoms with E-state index >= 15 is 0 Å². The molecule has 0 aromatic heterocycles. The second-order valence-electron chi connectivity index (χ2n) is 4.72. The largest absolute Gasteiger partial charge is 0.455 e. The summed E-state index contributed by atoms with van der Waals surface area (Å²) < 4.78 is 5.83. The van der Waals surface area contributed by atoms with Crippen LogP contribution in [0.4, 0.5) is 0 Å². The van der Waals surface area contributed by atoms with E-state index in [1.165, 1.54) is 0 Å². The highest BCUT2D eigenvalue weighted by Crippen LogP contribution is 2.31. The van der Waals surface area contributed by atoms with Crippen LogP contribution in [0.1, 0.15) is 15.9 Å². The van der Waals surface area contributed by atoms with Gasteiger partial charge in [-0.15, -0.1) is 0 Å². The Morgan fingerprint density at radius 2 is 1.32 bits per heavy atom. The molecule has 3 heteroatoms. The van der Waals surface area contributed by atoms with E-state index in [-0.39, 0.29) is 5.78 Å². The van der Waals surface area contributed by atoms with Crippen LogP contribution in [0.25, 0.3) is 0 Å². The van der Waals surface area contributed by atoms with Crippen LogP contribution in [-0.2, 0) is 0 Å². The van der Waals surface area contributed by atoms with Crippen molar-refractivity contribution < 1.29 is 9.53 Å². The standard InChI is InChI=1S/C19H13ClO2/c20-16-11-5-7-13-18(16)22-17-12-6-4-10-15(17)19(21)14-8-2-1-3-9-14/h1-13H. The van der Waals surface area contributed by atoms with Crippen molar-refractivity contribution in [2.24, 2.45) is 0 Å². The number of rotatable bonds is 4. The highest BCUT2D eigenvalue weighted by molar-refractivity contribution is 6.32. The average Bonchev–Trinajstić information content (AvgIpc) is 2.58. The maximum Gasteiger partial charge on any atom is 0.196 e. The summed E-state index contributed by atoms with van der Waals surface area (Å²) >= 11 is 6.11. The number of halogens is 1.